The molecule has 0 saturated heterocycles. The number of pyridine rings is 1. The second kappa shape index (κ2) is 5.58. The predicted molar refractivity (Wildman–Crippen MR) is 78.6 cm³/mol. The van der Waals surface area contributed by atoms with E-state index in [9.17, 15) is 10.1 Å². The van der Waals surface area contributed by atoms with Gasteiger partial charge in [-0.2, -0.15) is 5.10 Å². The molecule has 7 nitrogen and oxygen atoms in total. The van der Waals surface area contributed by atoms with E-state index in [1.165, 1.54) is 12.3 Å². The number of aromatic nitrogens is 3. The highest BCUT2D eigenvalue weighted by Crippen LogP contribution is 2.25. The van der Waals surface area contributed by atoms with Gasteiger partial charge in [0.2, 0.25) is 0 Å². The van der Waals surface area contributed by atoms with Gasteiger partial charge < -0.3 is 5.32 Å². The minimum absolute atomic E-state index is 0.0452. The minimum atomic E-state index is -0.475. The van der Waals surface area contributed by atoms with Gasteiger partial charge in [-0.25, -0.2) is 4.98 Å². The van der Waals surface area contributed by atoms with Crippen molar-refractivity contribution >= 4 is 27.4 Å². The summed E-state index contributed by atoms with van der Waals surface area (Å²) in [6.07, 6.45) is 1.23. The average Bonchev–Trinajstić information content (AvgIpc) is 2.62. The zero-order chi connectivity index (χ0) is 14.9. The van der Waals surface area contributed by atoms with Crippen molar-refractivity contribution in [2.75, 3.05) is 5.32 Å². The standard InChI is InChI=1S/C12H14BrN5O2/c1-7-10(8(2)17(3)16-7)6-15-12-11(13)4-9(5-14-12)18(19)20/h4-5H,6H2,1-3H3,(H,14,15). The first-order valence-corrected chi connectivity index (χ1v) is 6.72. The number of hydrogen-bond acceptors (Lipinski definition) is 5. The van der Waals surface area contributed by atoms with E-state index in [0.717, 1.165) is 17.0 Å². The summed E-state index contributed by atoms with van der Waals surface area (Å²) >= 11 is 3.28. The van der Waals surface area contributed by atoms with Gasteiger partial charge in [-0.05, 0) is 29.8 Å². The summed E-state index contributed by atoms with van der Waals surface area (Å²) in [4.78, 5) is 14.2. The molecule has 2 rings (SSSR count). The van der Waals surface area contributed by atoms with Crippen molar-refractivity contribution in [3.05, 3.63) is 43.8 Å². The van der Waals surface area contributed by atoms with Gasteiger partial charge in [-0.1, -0.05) is 0 Å². The lowest BCUT2D eigenvalue weighted by Crippen LogP contribution is -2.05. The van der Waals surface area contributed by atoms with Crippen LogP contribution in [0.1, 0.15) is 17.0 Å². The Morgan fingerprint density at radius 3 is 2.70 bits per heavy atom. The summed E-state index contributed by atoms with van der Waals surface area (Å²) in [6, 6.07) is 1.43. The molecule has 8 heteroatoms. The van der Waals surface area contributed by atoms with Crippen LogP contribution in [0.15, 0.2) is 16.7 Å². The summed E-state index contributed by atoms with van der Waals surface area (Å²) in [5.74, 6) is 0.568. The van der Waals surface area contributed by atoms with E-state index < -0.39 is 4.92 Å². The SMILES string of the molecule is Cc1nn(C)c(C)c1CNc1ncc([N+](=O)[O-])cc1Br. The van der Waals surface area contributed by atoms with E-state index in [2.05, 4.69) is 31.3 Å². The second-order valence-corrected chi connectivity index (χ2v) is 5.26. The first kappa shape index (κ1) is 14.4. The smallest absolute Gasteiger partial charge is 0.288 e. The quantitative estimate of drug-likeness (QED) is 0.683. The van der Waals surface area contributed by atoms with Crippen molar-refractivity contribution in [1.29, 1.82) is 0 Å². The van der Waals surface area contributed by atoms with Crippen molar-refractivity contribution < 1.29 is 4.92 Å². The fraction of sp³-hybridized carbons (Fsp3) is 0.333. The molecule has 0 fully saturated rings. The molecule has 0 aliphatic heterocycles. The molecule has 20 heavy (non-hydrogen) atoms. The molecule has 0 atom stereocenters. The number of nitro groups is 1. The molecule has 0 aliphatic rings. The third-order valence-electron chi connectivity index (χ3n) is 3.13. The zero-order valence-electron chi connectivity index (χ0n) is 11.3. The van der Waals surface area contributed by atoms with Gasteiger partial charge in [-0.3, -0.25) is 14.8 Å². The van der Waals surface area contributed by atoms with Crippen LogP contribution in [0.3, 0.4) is 0 Å². The highest BCUT2D eigenvalue weighted by Gasteiger charge is 2.13. The van der Waals surface area contributed by atoms with Gasteiger partial charge in [0.05, 0.1) is 15.1 Å². The predicted octanol–water partition coefficient (Wildman–Crippen LogP) is 2.71. The monoisotopic (exact) mass is 339 g/mol. The third kappa shape index (κ3) is 2.79. The number of rotatable bonds is 4. The molecule has 2 aromatic rings. The van der Waals surface area contributed by atoms with E-state index >= 15 is 0 Å². The van der Waals surface area contributed by atoms with Crippen LogP contribution in [0, 0.1) is 24.0 Å². The molecule has 0 unspecified atom stereocenters. The van der Waals surface area contributed by atoms with E-state index in [1.807, 2.05) is 25.6 Å². The van der Waals surface area contributed by atoms with Crippen molar-refractivity contribution in [3.63, 3.8) is 0 Å². The number of aryl methyl sites for hydroxylation is 2. The summed E-state index contributed by atoms with van der Waals surface area (Å²) in [5.41, 5.74) is 3.08. The number of hydrogen-bond donors (Lipinski definition) is 1. The Labute approximate surface area is 124 Å². The molecule has 0 amide bonds. The fourth-order valence-corrected chi connectivity index (χ4v) is 2.38. The Morgan fingerprint density at radius 1 is 1.50 bits per heavy atom. The Bertz CT molecular complexity index is 668. The van der Waals surface area contributed by atoms with Gasteiger partial charge >= 0.3 is 0 Å². The van der Waals surface area contributed by atoms with Crippen LogP contribution < -0.4 is 5.32 Å². The number of nitrogens with zero attached hydrogens (tertiary/aromatic N) is 4. The first-order chi connectivity index (χ1) is 9.40. The van der Waals surface area contributed by atoms with Crippen LogP contribution >= 0.6 is 15.9 Å². The number of halogens is 1. The molecule has 1 N–H and O–H groups in total. The molecular formula is C12H14BrN5O2. The number of anilines is 1. The van der Waals surface area contributed by atoms with Crippen molar-refractivity contribution in [2.24, 2.45) is 7.05 Å². The molecule has 0 spiro atoms. The maximum atomic E-state index is 10.6. The van der Waals surface area contributed by atoms with Crippen LogP contribution in [-0.2, 0) is 13.6 Å². The molecule has 0 saturated carbocycles. The average molecular weight is 340 g/mol. The van der Waals surface area contributed by atoms with Crippen LogP contribution in [-0.4, -0.2) is 19.7 Å². The molecule has 0 aromatic carbocycles. The topological polar surface area (TPSA) is 85.9 Å². The maximum Gasteiger partial charge on any atom is 0.288 e. The highest BCUT2D eigenvalue weighted by atomic mass is 79.9. The largest absolute Gasteiger partial charge is 0.365 e. The molecule has 0 bridgehead atoms. The Morgan fingerprint density at radius 2 is 2.20 bits per heavy atom. The second-order valence-electron chi connectivity index (χ2n) is 4.41. The fourth-order valence-electron chi connectivity index (χ4n) is 1.90. The van der Waals surface area contributed by atoms with Crippen molar-refractivity contribution in [1.82, 2.24) is 14.8 Å². The summed E-state index contributed by atoms with van der Waals surface area (Å²) in [6.45, 7) is 4.51. The van der Waals surface area contributed by atoms with E-state index in [-0.39, 0.29) is 5.69 Å². The number of nitrogens with one attached hydrogen (secondary N) is 1. The van der Waals surface area contributed by atoms with Crippen LogP contribution in [0.2, 0.25) is 0 Å². The lowest BCUT2D eigenvalue weighted by Gasteiger charge is -2.07. The Hall–Kier alpha value is -1.96. The summed E-state index contributed by atoms with van der Waals surface area (Å²) in [7, 11) is 1.89. The lowest BCUT2D eigenvalue weighted by atomic mass is 10.2. The minimum Gasteiger partial charge on any atom is -0.365 e. The maximum absolute atomic E-state index is 10.6. The van der Waals surface area contributed by atoms with Gasteiger partial charge in [0, 0.05) is 30.9 Å². The molecular weight excluding hydrogens is 326 g/mol. The van der Waals surface area contributed by atoms with E-state index in [1.54, 1.807) is 0 Å². The van der Waals surface area contributed by atoms with Crippen LogP contribution in [0.25, 0.3) is 0 Å². The van der Waals surface area contributed by atoms with Crippen LogP contribution in [0.4, 0.5) is 11.5 Å². The first-order valence-electron chi connectivity index (χ1n) is 5.93. The van der Waals surface area contributed by atoms with Crippen molar-refractivity contribution in [3.8, 4) is 0 Å². The normalized spacial score (nSPS) is 10.6. The van der Waals surface area contributed by atoms with Gasteiger partial charge in [0.1, 0.15) is 12.0 Å². The Kier molecular flexibility index (Phi) is 4.03. The lowest BCUT2D eigenvalue weighted by molar-refractivity contribution is -0.385. The summed E-state index contributed by atoms with van der Waals surface area (Å²) in [5, 5.41) is 18.1. The van der Waals surface area contributed by atoms with Gasteiger partial charge in [0.25, 0.3) is 5.69 Å². The highest BCUT2D eigenvalue weighted by molar-refractivity contribution is 9.10. The zero-order valence-corrected chi connectivity index (χ0v) is 12.9. The molecule has 106 valence electrons. The molecule has 0 radical (unpaired) electrons. The molecule has 2 heterocycles. The third-order valence-corrected chi connectivity index (χ3v) is 3.73. The molecule has 2 aromatic heterocycles. The van der Waals surface area contributed by atoms with E-state index in [0.29, 0.717) is 16.8 Å². The van der Waals surface area contributed by atoms with E-state index in [4.69, 9.17) is 0 Å². The molecule has 0 aliphatic carbocycles. The van der Waals surface area contributed by atoms with Gasteiger partial charge in [-0.15, -0.1) is 0 Å². The van der Waals surface area contributed by atoms with Crippen LogP contribution in [0.5, 0.6) is 0 Å². The summed E-state index contributed by atoms with van der Waals surface area (Å²) < 4.78 is 2.39. The Balaban J connectivity index is 2.17. The van der Waals surface area contributed by atoms with Crippen molar-refractivity contribution in [2.45, 2.75) is 20.4 Å². The van der Waals surface area contributed by atoms with Gasteiger partial charge in [0.15, 0.2) is 0 Å².